The quantitative estimate of drug-likeness (QED) is 0.683. The van der Waals surface area contributed by atoms with Gasteiger partial charge in [-0.15, -0.1) is 0 Å². The first-order valence-electron chi connectivity index (χ1n) is 9.17. The fraction of sp³-hybridized carbons (Fsp3) is 0.588. The van der Waals surface area contributed by atoms with Crippen molar-refractivity contribution in [2.45, 2.75) is 13.8 Å². The van der Waals surface area contributed by atoms with Crippen LogP contribution in [0.25, 0.3) is 11.1 Å². The first-order valence-corrected chi connectivity index (χ1v) is 10.8. The molecule has 0 spiro atoms. The highest BCUT2D eigenvalue weighted by Crippen LogP contribution is 2.20. The number of amides is 1. The number of furan rings is 1. The molecule has 2 aromatic rings. The van der Waals surface area contributed by atoms with Crippen molar-refractivity contribution >= 4 is 27.0 Å². The number of hydrogen-bond donors (Lipinski definition) is 1. The molecule has 1 saturated heterocycles. The summed E-state index contributed by atoms with van der Waals surface area (Å²) in [4.78, 5) is 31.1. The topological polar surface area (TPSA) is 118 Å². The molecular weight excluding hydrogens is 386 g/mol. The molecule has 0 bridgehead atoms. The number of hydrogen-bond acceptors (Lipinski definition) is 7. The summed E-state index contributed by atoms with van der Waals surface area (Å²) >= 11 is 0. The van der Waals surface area contributed by atoms with Crippen LogP contribution in [0.2, 0.25) is 0 Å². The lowest BCUT2D eigenvalue weighted by Crippen LogP contribution is -2.50. The van der Waals surface area contributed by atoms with Crippen molar-refractivity contribution in [3.8, 4) is 0 Å². The number of rotatable bonds is 6. The molecule has 1 amide bonds. The van der Waals surface area contributed by atoms with Crippen LogP contribution in [0.3, 0.4) is 0 Å². The third kappa shape index (κ3) is 3.96. The summed E-state index contributed by atoms with van der Waals surface area (Å²) in [5, 5.41) is 3.00. The van der Waals surface area contributed by atoms with E-state index in [9.17, 15) is 18.0 Å². The molecule has 11 heteroatoms. The van der Waals surface area contributed by atoms with Gasteiger partial charge in [-0.25, -0.2) is 13.4 Å². The van der Waals surface area contributed by atoms with Gasteiger partial charge >= 0.3 is 0 Å². The number of carbonyl (C=O) groups is 1. The lowest BCUT2D eigenvalue weighted by atomic mass is 10.2. The van der Waals surface area contributed by atoms with E-state index in [0.29, 0.717) is 45.0 Å². The summed E-state index contributed by atoms with van der Waals surface area (Å²) in [6.07, 6.45) is 1.35. The monoisotopic (exact) mass is 411 g/mol. The highest BCUT2D eigenvalue weighted by molar-refractivity contribution is 7.89. The lowest BCUT2D eigenvalue weighted by Gasteiger charge is -2.33. The molecule has 10 nitrogen and oxygen atoms in total. The van der Waals surface area contributed by atoms with Crippen LogP contribution in [-0.4, -0.2) is 78.1 Å². The number of nitrogens with one attached hydrogen (secondary N) is 1. The predicted octanol–water partition coefficient (Wildman–Crippen LogP) is -0.468. The van der Waals surface area contributed by atoms with Gasteiger partial charge in [0, 0.05) is 46.3 Å². The minimum absolute atomic E-state index is 0.107. The molecule has 1 aliphatic rings. The van der Waals surface area contributed by atoms with Crippen molar-refractivity contribution in [1.29, 1.82) is 0 Å². The second-order valence-electron chi connectivity index (χ2n) is 6.77. The van der Waals surface area contributed by atoms with E-state index < -0.39 is 10.0 Å². The summed E-state index contributed by atoms with van der Waals surface area (Å²) in [6.45, 7) is 6.39. The Kier molecular flexibility index (Phi) is 5.87. The van der Waals surface area contributed by atoms with Gasteiger partial charge in [-0.3, -0.25) is 14.5 Å². The first kappa shape index (κ1) is 20.5. The van der Waals surface area contributed by atoms with E-state index in [1.165, 1.54) is 15.2 Å². The van der Waals surface area contributed by atoms with Crippen LogP contribution in [0.1, 0.15) is 23.0 Å². The zero-order valence-electron chi connectivity index (χ0n) is 16.3. The van der Waals surface area contributed by atoms with Gasteiger partial charge in [-0.05, 0) is 13.8 Å². The van der Waals surface area contributed by atoms with Crippen LogP contribution in [0.4, 0.5) is 0 Å². The van der Waals surface area contributed by atoms with Crippen LogP contribution in [0.15, 0.2) is 15.5 Å². The van der Waals surface area contributed by atoms with Crippen LogP contribution in [-0.2, 0) is 17.1 Å². The SMILES string of the molecule is CCS(=O)(=O)N1CCN(CCNC(=O)c2c(C)oc3ncn(C)c(=O)c23)CC1. The molecule has 0 unspecified atom stereocenters. The molecule has 0 radical (unpaired) electrons. The Bertz CT molecular complexity index is 1030. The molecule has 0 aliphatic carbocycles. The minimum atomic E-state index is -3.15. The van der Waals surface area contributed by atoms with Gasteiger partial charge in [0.25, 0.3) is 11.5 Å². The van der Waals surface area contributed by atoms with Gasteiger partial charge in [0.2, 0.25) is 15.7 Å². The zero-order chi connectivity index (χ0) is 20.5. The number of fused-ring (bicyclic) bond motifs is 1. The fourth-order valence-corrected chi connectivity index (χ4v) is 4.38. The Hall–Kier alpha value is -2.24. The maximum atomic E-state index is 12.6. The largest absolute Gasteiger partial charge is 0.442 e. The third-order valence-electron chi connectivity index (χ3n) is 4.98. The lowest BCUT2D eigenvalue weighted by molar-refractivity contribution is 0.0945. The van der Waals surface area contributed by atoms with Crippen molar-refractivity contribution in [3.63, 3.8) is 0 Å². The van der Waals surface area contributed by atoms with Crippen molar-refractivity contribution in [3.05, 3.63) is 28.0 Å². The van der Waals surface area contributed by atoms with Gasteiger partial charge in [-0.2, -0.15) is 4.31 Å². The zero-order valence-corrected chi connectivity index (χ0v) is 17.1. The molecule has 154 valence electrons. The summed E-state index contributed by atoms with van der Waals surface area (Å²) in [5.74, 6) is 0.0743. The summed E-state index contributed by atoms with van der Waals surface area (Å²) in [7, 11) is -1.59. The predicted molar refractivity (Wildman–Crippen MR) is 104 cm³/mol. The van der Waals surface area contributed by atoms with Gasteiger partial charge in [0.15, 0.2) is 0 Å². The number of aryl methyl sites for hydroxylation is 2. The van der Waals surface area contributed by atoms with Gasteiger partial charge in [0.05, 0.1) is 11.3 Å². The molecule has 1 aliphatic heterocycles. The summed E-state index contributed by atoms with van der Waals surface area (Å²) in [6, 6.07) is 0. The molecule has 0 aromatic carbocycles. The van der Waals surface area contributed by atoms with E-state index in [0.717, 1.165) is 0 Å². The Balaban J connectivity index is 1.59. The molecule has 3 heterocycles. The maximum absolute atomic E-state index is 12.6. The van der Waals surface area contributed by atoms with E-state index in [1.54, 1.807) is 20.9 Å². The van der Waals surface area contributed by atoms with E-state index in [2.05, 4.69) is 15.2 Å². The number of aromatic nitrogens is 2. The Morgan fingerprint density at radius 3 is 2.61 bits per heavy atom. The number of sulfonamides is 1. The molecule has 0 saturated carbocycles. The first-order chi connectivity index (χ1) is 13.2. The highest BCUT2D eigenvalue weighted by atomic mass is 32.2. The van der Waals surface area contributed by atoms with Crippen LogP contribution in [0, 0.1) is 6.92 Å². The van der Waals surface area contributed by atoms with E-state index in [1.807, 2.05) is 0 Å². The van der Waals surface area contributed by atoms with Crippen molar-refractivity contribution in [2.75, 3.05) is 45.0 Å². The van der Waals surface area contributed by atoms with Gasteiger partial charge < -0.3 is 14.3 Å². The number of piperazine rings is 1. The molecule has 3 rings (SSSR count). The van der Waals surface area contributed by atoms with Gasteiger partial charge in [0.1, 0.15) is 17.5 Å². The van der Waals surface area contributed by atoms with E-state index in [-0.39, 0.29) is 33.9 Å². The molecule has 1 N–H and O–H groups in total. The Morgan fingerprint density at radius 1 is 1.29 bits per heavy atom. The van der Waals surface area contributed by atoms with Crippen molar-refractivity contribution in [2.24, 2.45) is 7.05 Å². The van der Waals surface area contributed by atoms with Crippen molar-refractivity contribution < 1.29 is 17.6 Å². The van der Waals surface area contributed by atoms with Crippen LogP contribution in [0.5, 0.6) is 0 Å². The summed E-state index contributed by atoms with van der Waals surface area (Å²) < 4.78 is 32.0. The Morgan fingerprint density at radius 2 is 1.96 bits per heavy atom. The average molecular weight is 411 g/mol. The standard InChI is InChI=1S/C17H25N5O5S/c1-4-28(25,26)22-9-7-21(8-10-22)6-5-18-15(23)13-12(2)27-16-14(13)17(24)20(3)11-19-16/h11H,4-10H2,1-3H3,(H,18,23). The van der Waals surface area contributed by atoms with Gasteiger partial charge in [-0.1, -0.05) is 0 Å². The highest BCUT2D eigenvalue weighted by Gasteiger charge is 2.26. The van der Waals surface area contributed by atoms with Crippen LogP contribution < -0.4 is 10.9 Å². The number of nitrogens with zero attached hydrogens (tertiary/aromatic N) is 4. The minimum Gasteiger partial charge on any atom is -0.442 e. The van der Waals surface area contributed by atoms with E-state index in [4.69, 9.17) is 4.42 Å². The normalized spacial score (nSPS) is 16.5. The Labute approximate surface area is 163 Å². The molecule has 2 aromatic heterocycles. The molecule has 28 heavy (non-hydrogen) atoms. The molecular formula is C17H25N5O5S. The van der Waals surface area contributed by atoms with Crippen LogP contribution >= 0.6 is 0 Å². The average Bonchev–Trinajstić information content (AvgIpc) is 3.02. The fourth-order valence-electron chi connectivity index (χ4n) is 3.29. The maximum Gasteiger partial charge on any atom is 0.265 e. The molecule has 0 atom stereocenters. The third-order valence-corrected chi connectivity index (χ3v) is 6.86. The smallest absolute Gasteiger partial charge is 0.265 e. The summed E-state index contributed by atoms with van der Waals surface area (Å²) in [5.41, 5.74) is 0.0295. The second-order valence-corrected chi connectivity index (χ2v) is 9.03. The molecule has 1 fully saturated rings. The number of carbonyl (C=O) groups excluding carboxylic acids is 1. The van der Waals surface area contributed by atoms with E-state index >= 15 is 0 Å². The van der Waals surface area contributed by atoms with Crippen molar-refractivity contribution in [1.82, 2.24) is 24.1 Å². The second kappa shape index (κ2) is 8.02.